The number of hydrogen-bond acceptors (Lipinski definition) is 4. The minimum absolute atomic E-state index is 0.898. The van der Waals surface area contributed by atoms with Gasteiger partial charge in [0.05, 0.1) is 16.0 Å². The highest BCUT2D eigenvalue weighted by Gasteiger charge is 2.20. The number of aromatic nitrogens is 2. The van der Waals surface area contributed by atoms with E-state index in [0.717, 1.165) is 68.4 Å². The summed E-state index contributed by atoms with van der Waals surface area (Å²) in [5, 5.41) is 7.02. The van der Waals surface area contributed by atoms with Crippen LogP contribution in [0.15, 0.2) is 46.8 Å². The van der Waals surface area contributed by atoms with Gasteiger partial charge in [0, 0.05) is 46.2 Å². The summed E-state index contributed by atoms with van der Waals surface area (Å²) in [6.07, 6.45) is 1.96. The molecular weight excluding hydrogens is 356 g/mol. The van der Waals surface area contributed by atoms with Crippen LogP contribution in [-0.4, -0.2) is 60.6 Å². The molecule has 0 aliphatic carbocycles. The van der Waals surface area contributed by atoms with E-state index in [9.17, 15) is 0 Å². The van der Waals surface area contributed by atoms with Crippen LogP contribution in [-0.2, 0) is 6.42 Å². The number of hydrogen-bond donors (Lipinski definition) is 2. The maximum absolute atomic E-state index is 4.64. The topological polar surface area (TPSA) is 59.6 Å². The summed E-state index contributed by atoms with van der Waals surface area (Å²) < 4.78 is 0. The molecule has 3 heterocycles. The smallest absolute Gasteiger partial charge is 0.193 e. The average molecular weight is 383 g/mol. The molecule has 4 rings (SSSR count). The molecule has 1 aliphatic heterocycles. The van der Waals surface area contributed by atoms with Gasteiger partial charge in [0.1, 0.15) is 5.82 Å². The van der Waals surface area contributed by atoms with Gasteiger partial charge >= 0.3 is 0 Å². The fourth-order valence-electron chi connectivity index (χ4n) is 3.50. The van der Waals surface area contributed by atoms with E-state index in [1.807, 2.05) is 36.6 Å². The van der Waals surface area contributed by atoms with Crippen LogP contribution in [0.3, 0.4) is 0 Å². The second-order valence-corrected chi connectivity index (χ2v) is 7.63. The summed E-state index contributed by atoms with van der Waals surface area (Å²) in [4.78, 5) is 17.3. The van der Waals surface area contributed by atoms with E-state index in [0.29, 0.717) is 0 Å². The zero-order valence-electron chi connectivity index (χ0n) is 15.7. The molecule has 2 N–H and O–H groups in total. The number of para-hydroxylation sites is 2. The van der Waals surface area contributed by atoms with Crippen molar-refractivity contribution in [1.29, 1.82) is 0 Å². The number of benzene rings is 1. The second kappa shape index (κ2) is 8.43. The fourth-order valence-corrected chi connectivity index (χ4v) is 4.29. The number of nitrogens with one attached hydrogen (secondary N) is 2. The number of aryl methyl sites for hydroxylation is 1. The molecule has 6 nitrogen and oxygen atoms in total. The predicted octanol–water partition coefficient (Wildman–Crippen LogP) is 2.95. The molecule has 2 aromatic heterocycles. The lowest BCUT2D eigenvalue weighted by molar-refractivity contribution is 0.373. The first-order chi connectivity index (χ1) is 13.3. The Balaban J connectivity index is 1.22. The lowest BCUT2D eigenvalue weighted by atomic mass is 10.3. The van der Waals surface area contributed by atoms with E-state index in [2.05, 4.69) is 53.7 Å². The van der Waals surface area contributed by atoms with Gasteiger partial charge in [-0.05, 0) is 36.1 Å². The largest absolute Gasteiger partial charge is 0.360 e. The van der Waals surface area contributed by atoms with Crippen molar-refractivity contribution in [2.75, 3.05) is 44.7 Å². The van der Waals surface area contributed by atoms with Crippen LogP contribution in [0.25, 0.3) is 11.0 Å². The van der Waals surface area contributed by atoms with Gasteiger partial charge in [-0.2, -0.15) is 0 Å². The van der Waals surface area contributed by atoms with Gasteiger partial charge in [-0.25, -0.2) is 4.98 Å². The van der Waals surface area contributed by atoms with Crippen LogP contribution in [0, 0.1) is 0 Å². The summed E-state index contributed by atoms with van der Waals surface area (Å²) in [5.74, 6) is 2.06. The van der Waals surface area contributed by atoms with Gasteiger partial charge in [0.25, 0.3) is 0 Å². The molecule has 0 amide bonds. The van der Waals surface area contributed by atoms with E-state index < -0.39 is 0 Å². The van der Waals surface area contributed by atoms with Crippen molar-refractivity contribution >= 4 is 33.3 Å². The van der Waals surface area contributed by atoms with E-state index >= 15 is 0 Å². The van der Waals surface area contributed by atoms with Gasteiger partial charge in [-0.1, -0.05) is 12.1 Å². The first-order valence-corrected chi connectivity index (χ1v) is 10.4. The lowest BCUT2D eigenvalue weighted by Crippen LogP contribution is -2.52. The van der Waals surface area contributed by atoms with Gasteiger partial charge < -0.3 is 20.1 Å². The van der Waals surface area contributed by atoms with E-state index in [1.54, 1.807) is 0 Å². The Bertz CT molecular complexity index is 844. The number of rotatable bonds is 5. The minimum atomic E-state index is 0.898. The molecule has 1 aliphatic rings. The number of imidazole rings is 1. The summed E-state index contributed by atoms with van der Waals surface area (Å²) >= 11 is 1.81. The Morgan fingerprint density at radius 2 is 2.04 bits per heavy atom. The minimum Gasteiger partial charge on any atom is -0.360 e. The third kappa shape index (κ3) is 4.24. The summed E-state index contributed by atoms with van der Waals surface area (Å²) in [6, 6.07) is 12.5. The van der Waals surface area contributed by atoms with Crippen molar-refractivity contribution in [2.45, 2.75) is 12.8 Å². The predicted molar refractivity (Wildman–Crippen MR) is 114 cm³/mol. The fraction of sp³-hybridized carbons (Fsp3) is 0.400. The van der Waals surface area contributed by atoms with Crippen molar-refractivity contribution in [3.8, 4) is 0 Å². The highest BCUT2D eigenvalue weighted by molar-refractivity contribution is 7.14. The summed E-state index contributed by atoms with van der Waals surface area (Å²) in [6.45, 7) is 4.98. The molecular formula is C20H26N6S. The third-order valence-corrected chi connectivity index (χ3v) is 5.85. The molecule has 0 unspecified atom stereocenters. The average Bonchev–Trinajstić information content (AvgIpc) is 3.38. The van der Waals surface area contributed by atoms with Crippen molar-refractivity contribution in [1.82, 2.24) is 20.2 Å². The Kier molecular flexibility index (Phi) is 5.58. The molecule has 0 bridgehead atoms. The molecule has 0 saturated carbocycles. The highest BCUT2D eigenvalue weighted by Crippen LogP contribution is 2.22. The molecule has 27 heavy (non-hydrogen) atoms. The molecule has 3 aromatic rings. The zero-order valence-corrected chi connectivity index (χ0v) is 16.5. The first kappa shape index (κ1) is 17.9. The van der Waals surface area contributed by atoms with Crippen molar-refractivity contribution in [3.05, 3.63) is 47.6 Å². The quantitative estimate of drug-likeness (QED) is 0.405. The van der Waals surface area contributed by atoms with Gasteiger partial charge in [0.15, 0.2) is 5.96 Å². The number of piperazine rings is 1. The highest BCUT2D eigenvalue weighted by atomic mass is 32.1. The van der Waals surface area contributed by atoms with Crippen molar-refractivity contribution in [2.24, 2.45) is 4.99 Å². The van der Waals surface area contributed by atoms with Gasteiger partial charge in [0.2, 0.25) is 0 Å². The molecule has 0 radical (unpaired) electrons. The molecule has 0 spiro atoms. The standard InChI is InChI=1S/C20H26N6S/c1-21-20(26-13-11-25(12-14-26)19-9-5-15-27-19)22-10-4-8-18-23-16-6-2-3-7-17(16)24-18/h2-3,5-7,9,15H,4,8,10-14H2,1H3,(H,21,22)(H,23,24). The first-order valence-electron chi connectivity index (χ1n) is 9.51. The number of nitrogens with zero attached hydrogens (tertiary/aromatic N) is 4. The van der Waals surface area contributed by atoms with Crippen LogP contribution in [0.4, 0.5) is 5.00 Å². The summed E-state index contributed by atoms with van der Waals surface area (Å²) in [7, 11) is 1.87. The number of guanidine groups is 1. The zero-order chi connectivity index (χ0) is 18.5. The molecule has 0 atom stereocenters. The Morgan fingerprint density at radius 1 is 1.19 bits per heavy atom. The lowest BCUT2D eigenvalue weighted by Gasteiger charge is -2.37. The number of anilines is 1. The molecule has 1 saturated heterocycles. The van der Waals surface area contributed by atoms with Crippen molar-refractivity contribution < 1.29 is 0 Å². The number of aromatic amines is 1. The number of H-pyrrole nitrogens is 1. The maximum atomic E-state index is 4.64. The molecule has 7 heteroatoms. The Labute approximate surface area is 163 Å². The Hall–Kier alpha value is -2.54. The number of fused-ring (bicyclic) bond motifs is 1. The number of thiophene rings is 1. The van der Waals surface area contributed by atoms with Crippen LogP contribution in [0.5, 0.6) is 0 Å². The van der Waals surface area contributed by atoms with Crippen LogP contribution in [0.1, 0.15) is 12.2 Å². The molecule has 1 fully saturated rings. The Morgan fingerprint density at radius 3 is 2.78 bits per heavy atom. The van der Waals surface area contributed by atoms with E-state index in [-0.39, 0.29) is 0 Å². The van der Waals surface area contributed by atoms with Crippen LogP contribution >= 0.6 is 11.3 Å². The normalized spacial score (nSPS) is 15.5. The van der Waals surface area contributed by atoms with Gasteiger partial charge in [-0.3, -0.25) is 4.99 Å². The second-order valence-electron chi connectivity index (χ2n) is 6.70. The van der Waals surface area contributed by atoms with Crippen LogP contribution < -0.4 is 10.2 Å². The monoisotopic (exact) mass is 382 g/mol. The SMILES string of the molecule is CN=C(NCCCc1nc2ccccc2[nH]1)N1CCN(c2cccs2)CC1. The van der Waals surface area contributed by atoms with E-state index in [4.69, 9.17) is 0 Å². The van der Waals surface area contributed by atoms with Gasteiger partial charge in [-0.15, -0.1) is 11.3 Å². The third-order valence-electron chi connectivity index (χ3n) is 4.92. The molecule has 142 valence electrons. The van der Waals surface area contributed by atoms with Crippen molar-refractivity contribution in [3.63, 3.8) is 0 Å². The summed E-state index contributed by atoms with van der Waals surface area (Å²) in [5.41, 5.74) is 2.15. The molecule has 1 aromatic carbocycles. The maximum Gasteiger partial charge on any atom is 0.193 e. The van der Waals surface area contributed by atoms with Crippen LogP contribution in [0.2, 0.25) is 0 Å². The number of aliphatic imine (C=N–C) groups is 1. The van der Waals surface area contributed by atoms with E-state index in [1.165, 1.54) is 5.00 Å².